The smallest absolute Gasteiger partial charge is 0.307 e. The molecule has 1 amide bonds. The molecule has 3 N–H and O–H groups in total. The van der Waals surface area contributed by atoms with E-state index in [1.165, 1.54) is 7.11 Å². The third kappa shape index (κ3) is 3.54. The lowest BCUT2D eigenvalue weighted by Crippen LogP contribution is -2.27. The topological polar surface area (TPSA) is 81.4 Å². The van der Waals surface area contributed by atoms with Crippen LogP contribution in [0.1, 0.15) is 24.0 Å². The number of hydrogen-bond donors (Lipinski definition) is 2. The largest absolute Gasteiger partial charge is 0.469 e. The van der Waals surface area contributed by atoms with E-state index in [0.29, 0.717) is 12.8 Å². The molecule has 5 heteroatoms. The third-order valence-electron chi connectivity index (χ3n) is 3.22. The molecule has 0 spiro atoms. The number of anilines is 1. The van der Waals surface area contributed by atoms with Gasteiger partial charge in [0.1, 0.15) is 0 Å². The van der Waals surface area contributed by atoms with Crippen LogP contribution in [-0.4, -0.2) is 25.0 Å². The molecule has 0 aromatic heterocycles. The van der Waals surface area contributed by atoms with Gasteiger partial charge in [-0.25, -0.2) is 0 Å². The summed E-state index contributed by atoms with van der Waals surface area (Å²) < 4.78 is 4.59. The zero-order chi connectivity index (χ0) is 13.8. The fourth-order valence-electron chi connectivity index (χ4n) is 2.24. The highest BCUT2D eigenvalue weighted by Crippen LogP contribution is 2.24. The van der Waals surface area contributed by atoms with E-state index in [9.17, 15) is 9.59 Å². The van der Waals surface area contributed by atoms with Crippen LogP contribution in [0, 0.1) is 0 Å². The number of methoxy groups -OCH3 is 1. The highest BCUT2D eigenvalue weighted by molar-refractivity contribution is 5.93. The Morgan fingerprint density at radius 2 is 2.26 bits per heavy atom. The summed E-state index contributed by atoms with van der Waals surface area (Å²) in [5.41, 5.74) is 8.99. The molecule has 1 atom stereocenters. The Morgan fingerprint density at radius 3 is 3.00 bits per heavy atom. The lowest BCUT2D eigenvalue weighted by atomic mass is 9.97. The number of nitrogens with two attached hydrogens (primary N) is 1. The predicted molar refractivity (Wildman–Crippen MR) is 71.7 cm³/mol. The van der Waals surface area contributed by atoms with Crippen molar-refractivity contribution in [2.24, 2.45) is 5.73 Å². The molecule has 1 aromatic carbocycles. The Kier molecular flexibility index (Phi) is 4.16. The van der Waals surface area contributed by atoms with Crippen molar-refractivity contribution in [3.63, 3.8) is 0 Å². The van der Waals surface area contributed by atoms with E-state index in [2.05, 4.69) is 10.1 Å². The van der Waals surface area contributed by atoms with Gasteiger partial charge in [-0.15, -0.1) is 0 Å². The lowest BCUT2D eigenvalue weighted by molar-refractivity contribution is -0.141. The minimum absolute atomic E-state index is 0.0580. The van der Waals surface area contributed by atoms with Gasteiger partial charge in [-0.1, -0.05) is 12.1 Å². The van der Waals surface area contributed by atoms with Crippen LogP contribution in [0.3, 0.4) is 0 Å². The minimum Gasteiger partial charge on any atom is -0.469 e. The molecule has 1 aliphatic heterocycles. The van der Waals surface area contributed by atoms with Gasteiger partial charge in [0.25, 0.3) is 0 Å². The summed E-state index contributed by atoms with van der Waals surface area (Å²) in [4.78, 5) is 22.4. The summed E-state index contributed by atoms with van der Waals surface area (Å²) in [5, 5.41) is 2.84. The normalized spacial score (nSPS) is 15.4. The molecule has 2 rings (SSSR count). The Hall–Kier alpha value is -1.88. The standard InChI is InChI=1S/C14H18N2O3/c1-19-14(18)8-11(15)7-9-2-4-12-10(6-9)3-5-13(17)16-12/h2,4,6,11H,3,5,7-8,15H2,1H3,(H,16,17). The average Bonchev–Trinajstić information content (AvgIpc) is 2.38. The van der Waals surface area contributed by atoms with Crippen molar-refractivity contribution in [2.75, 3.05) is 12.4 Å². The van der Waals surface area contributed by atoms with Crippen LogP contribution in [0.5, 0.6) is 0 Å². The van der Waals surface area contributed by atoms with E-state index in [1.54, 1.807) is 0 Å². The lowest BCUT2D eigenvalue weighted by Gasteiger charge is -2.18. The van der Waals surface area contributed by atoms with Crippen LogP contribution in [0.2, 0.25) is 0 Å². The maximum absolute atomic E-state index is 11.3. The van der Waals surface area contributed by atoms with Gasteiger partial charge in [0.15, 0.2) is 0 Å². The summed E-state index contributed by atoms with van der Waals surface area (Å²) >= 11 is 0. The molecule has 0 fully saturated rings. The number of amides is 1. The van der Waals surface area contributed by atoms with Gasteiger partial charge in [-0.05, 0) is 30.0 Å². The second kappa shape index (κ2) is 5.84. The fourth-order valence-corrected chi connectivity index (χ4v) is 2.24. The van der Waals surface area contributed by atoms with E-state index in [4.69, 9.17) is 5.73 Å². The van der Waals surface area contributed by atoms with Crippen molar-refractivity contribution >= 4 is 17.6 Å². The van der Waals surface area contributed by atoms with Crippen LogP contribution in [0.15, 0.2) is 18.2 Å². The summed E-state index contributed by atoms with van der Waals surface area (Å²) in [6, 6.07) is 5.63. The fraction of sp³-hybridized carbons (Fsp3) is 0.429. The molecule has 0 bridgehead atoms. The van der Waals surface area contributed by atoms with E-state index in [0.717, 1.165) is 23.2 Å². The molecule has 0 saturated carbocycles. The van der Waals surface area contributed by atoms with E-state index in [-0.39, 0.29) is 24.3 Å². The van der Waals surface area contributed by atoms with Crippen molar-refractivity contribution in [3.05, 3.63) is 29.3 Å². The van der Waals surface area contributed by atoms with Crippen LogP contribution >= 0.6 is 0 Å². The van der Waals surface area contributed by atoms with Crippen molar-refractivity contribution in [1.82, 2.24) is 0 Å². The maximum Gasteiger partial charge on any atom is 0.307 e. The van der Waals surface area contributed by atoms with E-state index < -0.39 is 0 Å². The number of carbonyl (C=O) groups is 2. The summed E-state index contributed by atoms with van der Waals surface area (Å²) in [6.07, 6.45) is 2.10. The van der Waals surface area contributed by atoms with E-state index in [1.807, 2.05) is 18.2 Å². The quantitative estimate of drug-likeness (QED) is 0.793. The average molecular weight is 262 g/mol. The van der Waals surface area contributed by atoms with Gasteiger partial charge in [0, 0.05) is 18.2 Å². The molecule has 1 aromatic rings. The molecule has 19 heavy (non-hydrogen) atoms. The number of aryl methyl sites for hydroxylation is 1. The molecular weight excluding hydrogens is 244 g/mol. The molecular formula is C14H18N2O3. The Labute approximate surface area is 112 Å². The first-order valence-corrected chi connectivity index (χ1v) is 6.32. The van der Waals surface area contributed by atoms with Crippen LogP contribution in [0.4, 0.5) is 5.69 Å². The SMILES string of the molecule is COC(=O)CC(N)Cc1ccc2c(c1)CCC(=O)N2. The van der Waals surface area contributed by atoms with Gasteiger partial charge >= 0.3 is 5.97 Å². The molecule has 0 aliphatic carbocycles. The number of benzene rings is 1. The van der Waals surface area contributed by atoms with Crippen molar-refractivity contribution < 1.29 is 14.3 Å². The first-order chi connectivity index (χ1) is 9.08. The third-order valence-corrected chi connectivity index (χ3v) is 3.22. The number of fused-ring (bicyclic) bond motifs is 1. The Bertz CT molecular complexity index is 499. The Morgan fingerprint density at radius 1 is 1.47 bits per heavy atom. The second-order valence-electron chi connectivity index (χ2n) is 4.78. The molecule has 1 heterocycles. The summed E-state index contributed by atoms with van der Waals surface area (Å²) in [5.74, 6) is -0.236. The van der Waals surface area contributed by atoms with Crippen LogP contribution in [0.25, 0.3) is 0 Å². The van der Waals surface area contributed by atoms with Crippen molar-refractivity contribution in [2.45, 2.75) is 31.7 Å². The minimum atomic E-state index is -0.294. The predicted octanol–water partition coefficient (Wildman–Crippen LogP) is 1.00. The number of hydrogen-bond acceptors (Lipinski definition) is 4. The maximum atomic E-state index is 11.3. The van der Waals surface area contributed by atoms with Crippen LogP contribution < -0.4 is 11.1 Å². The first-order valence-electron chi connectivity index (χ1n) is 6.32. The molecule has 102 valence electrons. The highest BCUT2D eigenvalue weighted by Gasteiger charge is 2.16. The highest BCUT2D eigenvalue weighted by atomic mass is 16.5. The van der Waals surface area contributed by atoms with E-state index >= 15 is 0 Å². The zero-order valence-corrected chi connectivity index (χ0v) is 10.9. The van der Waals surface area contributed by atoms with Crippen molar-refractivity contribution in [1.29, 1.82) is 0 Å². The number of ether oxygens (including phenoxy) is 1. The molecule has 0 radical (unpaired) electrons. The zero-order valence-electron chi connectivity index (χ0n) is 10.9. The number of nitrogens with one attached hydrogen (secondary N) is 1. The van der Waals surface area contributed by atoms with Crippen molar-refractivity contribution in [3.8, 4) is 0 Å². The summed E-state index contributed by atoms with van der Waals surface area (Å²) in [6.45, 7) is 0. The molecule has 0 saturated heterocycles. The van der Waals surface area contributed by atoms with Crippen LogP contribution in [-0.2, 0) is 27.2 Å². The summed E-state index contributed by atoms with van der Waals surface area (Å²) in [7, 11) is 1.36. The molecule has 1 aliphatic rings. The van der Waals surface area contributed by atoms with Gasteiger partial charge in [-0.2, -0.15) is 0 Å². The second-order valence-corrected chi connectivity index (χ2v) is 4.78. The first kappa shape index (κ1) is 13.5. The number of rotatable bonds is 4. The van der Waals surface area contributed by atoms with Gasteiger partial charge in [-0.3, -0.25) is 9.59 Å². The molecule has 5 nitrogen and oxygen atoms in total. The number of carbonyl (C=O) groups excluding carboxylic acids is 2. The van der Waals surface area contributed by atoms with Gasteiger partial charge in [0.2, 0.25) is 5.91 Å². The number of esters is 1. The van der Waals surface area contributed by atoms with Gasteiger partial charge < -0.3 is 15.8 Å². The van der Waals surface area contributed by atoms with Gasteiger partial charge in [0.05, 0.1) is 13.5 Å². The molecule has 1 unspecified atom stereocenters. The monoisotopic (exact) mass is 262 g/mol. The Balaban J connectivity index is 2.02.